The first kappa shape index (κ1) is 9.32. The van der Waals surface area contributed by atoms with E-state index in [1.54, 1.807) is 29.5 Å². The van der Waals surface area contributed by atoms with Gasteiger partial charge in [0.2, 0.25) is 0 Å². The number of anilines is 2. The number of para-hydroxylation sites is 1. The topological polar surface area (TPSA) is 86.2 Å². The highest BCUT2D eigenvalue weighted by atomic mass is 16.3. The molecule has 0 bridgehead atoms. The molecule has 0 amide bonds. The maximum Gasteiger partial charge on any atom is 0.163 e. The summed E-state index contributed by atoms with van der Waals surface area (Å²) in [4.78, 5) is 7.78. The number of benzene rings is 1. The van der Waals surface area contributed by atoms with E-state index in [0.717, 1.165) is 0 Å². The molecule has 0 saturated carbocycles. The van der Waals surface area contributed by atoms with Crippen molar-refractivity contribution in [3.8, 4) is 5.75 Å². The van der Waals surface area contributed by atoms with Gasteiger partial charge >= 0.3 is 0 Å². The van der Waals surface area contributed by atoms with Crippen molar-refractivity contribution < 1.29 is 5.11 Å². The third kappa shape index (κ3) is 1.98. The third-order valence-corrected chi connectivity index (χ3v) is 1.92. The predicted molar refractivity (Wildman–Crippen MR) is 59.8 cm³/mol. The van der Waals surface area contributed by atoms with Crippen LogP contribution in [0.1, 0.15) is 0 Å². The lowest BCUT2D eigenvalue weighted by atomic mass is 10.2. The molecule has 0 unspecified atom stereocenters. The Hall–Kier alpha value is -2.24. The van der Waals surface area contributed by atoms with Crippen molar-refractivity contribution in [1.29, 1.82) is 0 Å². The number of aliphatic imine (C=N–C) groups is 2. The molecule has 0 saturated heterocycles. The average molecular weight is 205 g/mol. The van der Waals surface area contributed by atoms with Gasteiger partial charge in [-0.25, -0.2) is 4.99 Å². The fourth-order valence-corrected chi connectivity index (χ4v) is 1.19. The van der Waals surface area contributed by atoms with Crippen LogP contribution in [0.4, 0.5) is 11.4 Å². The number of phenolic OH excluding ortho intramolecular Hbond substituents is 1. The lowest BCUT2D eigenvalue weighted by Crippen LogP contribution is -2.30. The second-order valence-electron chi connectivity index (χ2n) is 3.03. The summed E-state index contributed by atoms with van der Waals surface area (Å²) < 4.78 is 0. The lowest BCUT2D eigenvalue weighted by Gasteiger charge is -2.21. The van der Waals surface area contributed by atoms with Crippen LogP contribution in [-0.2, 0) is 0 Å². The number of phenols is 1. The zero-order valence-corrected chi connectivity index (χ0v) is 7.96. The molecule has 1 aromatic rings. The first-order valence-corrected chi connectivity index (χ1v) is 4.40. The summed E-state index contributed by atoms with van der Waals surface area (Å²) in [5.74, 6) is 0.0282. The smallest absolute Gasteiger partial charge is 0.163 e. The van der Waals surface area contributed by atoms with Crippen LogP contribution >= 0.6 is 0 Å². The van der Waals surface area contributed by atoms with Crippen molar-refractivity contribution in [3.63, 3.8) is 0 Å². The van der Waals surface area contributed by atoms with E-state index in [0.29, 0.717) is 18.0 Å². The number of nitrogens with one attached hydrogen (secondary N) is 1. The van der Waals surface area contributed by atoms with Crippen molar-refractivity contribution in [1.82, 2.24) is 5.01 Å². The molecular weight excluding hydrogens is 194 g/mol. The number of nitrogens with zero attached hydrogens (tertiary/aromatic N) is 3. The summed E-state index contributed by atoms with van der Waals surface area (Å²) >= 11 is 0. The van der Waals surface area contributed by atoms with E-state index in [4.69, 9.17) is 5.73 Å². The zero-order chi connectivity index (χ0) is 10.7. The highest BCUT2D eigenvalue weighted by Crippen LogP contribution is 2.29. The van der Waals surface area contributed by atoms with Gasteiger partial charge in [0.05, 0.1) is 11.4 Å². The summed E-state index contributed by atoms with van der Waals surface area (Å²) in [6.45, 7) is 0.442. The average Bonchev–Trinajstić information content (AvgIpc) is 2.26. The van der Waals surface area contributed by atoms with Crippen LogP contribution in [0.3, 0.4) is 0 Å². The van der Waals surface area contributed by atoms with Crippen LogP contribution in [0.15, 0.2) is 28.2 Å². The largest absolute Gasteiger partial charge is 0.504 e. The highest BCUT2D eigenvalue weighted by Gasteiger charge is 2.07. The molecule has 2 rings (SSSR count). The lowest BCUT2D eigenvalue weighted by molar-refractivity contribution is 0.468. The maximum absolute atomic E-state index is 9.63. The predicted octanol–water partition coefficient (Wildman–Crippen LogP) is 0.631. The number of hydrazine groups is 1. The Balaban J connectivity index is 2.14. The monoisotopic (exact) mass is 205 g/mol. The third-order valence-electron chi connectivity index (χ3n) is 1.92. The molecule has 0 fully saturated rings. The minimum absolute atomic E-state index is 0.0282. The number of nitrogen functional groups attached to an aromatic ring is 1. The Kier molecular flexibility index (Phi) is 2.40. The van der Waals surface area contributed by atoms with Gasteiger partial charge in [0.1, 0.15) is 19.3 Å². The van der Waals surface area contributed by atoms with Crippen LogP contribution in [0.5, 0.6) is 5.75 Å². The summed E-state index contributed by atoms with van der Waals surface area (Å²) in [5, 5.41) is 11.3. The van der Waals surface area contributed by atoms with E-state index in [-0.39, 0.29) is 5.75 Å². The minimum atomic E-state index is 0.0282. The Labute approximate surface area is 86.7 Å². The van der Waals surface area contributed by atoms with Crippen molar-refractivity contribution in [2.75, 3.05) is 17.8 Å². The summed E-state index contributed by atoms with van der Waals surface area (Å²) in [7, 11) is 0. The van der Waals surface area contributed by atoms with Gasteiger partial charge in [0.15, 0.2) is 5.75 Å². The molecule has 0 atom stereocenters. The quantitative estimate of drug-likeness (QED) is 0.488. The van der Waals surface area contributed by atoms with Crippen LogP contribution < -0.4 is 11.2 Å². The molecule has 0 aromatic heterocycles. The molecule has 78 valence electrons. The van der Waals surface area contributed by atoms with E-state index < -0.39 is 0 Å². The van der Waals surface area contributed by atoms with Crippen LogP contribution in [0, 0.1) is 0 Å². The Bertz CT molecular complexity index is 415. The van der Waals surface area contributed by atoms with Gasteiger partial charge in [-0.1, -0.05) is 6.07 Å². The van der Waals surface area contributed by atoms with Crippen molar-refractivity contribution in [2.24, 2.45) is 9.98 Å². The van der Waals surface area contributed by atoms with Gasteiger partial charge in [-0.05, 0) is 12.1 Å². The van der Waals surface area contributed by atoms with Gasteiger partial charge in [-0.2, -0.15) is 0 Å². The Morgan fingerprint density at radius 1 is 1.47 bits per heavy atom. The van der Waals surface area contributed by atoms with Crippen molar-refractivity contribution >= 4 is 24.1 Å². The first-order valence-electron chi connectivity index (χ1n) is 4.40. The van der Waals surface area contributed by atoms with E-state index in [1.807, 2.05) is 0 Å². The second-order valence-corrected chi connectivity index (χ2v) is 3.03. The van der Waals surface area contributed by atoms with Gasteiger partial charge in [0.25, 0.3) is 0 Å². The molecule has 1 aromatic carbocycles. The summed E-state index contributed by atoms with van der Waals surface area (Å²) in [6.07, 6.45) is 3.05. The Morgan fingerprint density at radius 2 is 2.33 bits per heavy atom. The molecule has 15 heavy (non-hydrogen) atoms. The molecule has 0 aliphatic carbocycles. The van der Waals surface area contributed by atoms with Gasteiger partial charge < -0.3 is 10.8 Å². The van der Waals surface area contributed by atoms with E-state index >= 15 is 0 Å². The van der Waals surface area contributed by atoms with Gasteiger partial charge in [0, 0.05) is 0 Å². The SMILES string of the molecule is Nc1cccc(NN2C=NC=NC2)c1O. The number of hydrogen-bond acceptors (Lipinski definition) is 6. The first-order chi connectivity index (χ1) is 7.27. The van der Waals surface area contributed by atoms with Gasteiger partial charge in [-0.3, -0.25) is 15.4 Å². The Morgan fingerprint density at radius 3 is 3.07 bits per heavy atom. The van der Waals surface area contributed by atoms with E-state index in [2.05, 4.69) is 15.4 Å². The number of aromatic hydroxyl groups is 1. The van der Waals surface area contributed by atoms with Crippen LogP contribution in [-0.4, -0.2) is 29.5 Å². The van der Waals surface area contributed by atoms with Gasteiger partial charge in [-0.15, -0.1) is 0 Å². The second kappa shape index (κ2) is 3.87. The van der Waals surface area contributed by atoms with E-state index in [9.17, 15) is 5.11 Å². The zero-order valence-electron chi connectivity index (χ0n) is 7.96. The highest BCUT2D eigenvalue weighted by molar-refractivity contribution is 5.75. The van der Waals surface area contributed by atoms with Crippen LogP contribution in [0.25, 0.3) is 0 Å². The summed E-state index contributed by atoms with van der Waals surface area (Å²) in [6, 6.07) is 5.10. The van der Waals surface area contributed by atoms with Crippen molar-refractivity contribution in [2.45, 2.75) is 0 Å². The molecule has 4 N–H and O–H groups in total. The number of rotatable bonds is 2. The molecule has 1 aliphatic heterocycles. The standard InChI is InChI=1S/C9H11N5O/c10-7-2-1-3-8(9(7)15)13-14-5-11-4-12-6-14/h1-5,13,15H,6,10H2. The molecule has 0 spiro atoms. The normalized spacial score (nSPS) is 14.3. The van der Waals surface area contributed by atoms with Crippen LogP contribution in [0.2, 0.25) is 0 Å². The minimum Gasteiger partial charge on any atom is -0.504 e. The maximum atomic E-state index is 9.63. The number of nitrogens with two attached hydrogens (primary N) is 1. The molecule has 1 aliphatic rings. The fourth-order valence-electron chi connectivity index (χ4n) is 1.19. The molecule has 6 heteroatoms. The van der Waals surface area contributed by atoms with E-state index in [1.165, 1.54) is 6.34 Å². The molecule has 6 nitrogen and oxygen atoms in total. The fraction of sp³-hybridized carbons (Fsp3) is 0.111. The summed E-state index contributed by atoms with van der Waals surface area (Å²) in [5.41, 5.74) is 9.34. The number of hydrogen-bond donors (Lipinski definition) is 3. The van der Waals surface area contributed by atoms with Crippen molar-refractivity contribution in [3.05, 3.63) is 18.2 Å². The molecule has 1 heterocycles. The molecule has 0 radical (unpaired) electrons. The molecular formula is C9H11N5O.